The van der Waals surface area contributed by atoms with Crippen molar-refractivity contribution in [2.45, 2.75) is 18.9 Å². The predicted molar refractivity (Wildman–Crippen MR) is 97.3 cm³/mol. The van der Waals surface area contributed by atoms with Gasteiger partial charge in [0.2, 0.25) is 5.91 Å². The maximum absolute atomic E-state index is 12.2. The topological polar surface area (TPSA) is 62.3 Å². The molecule has 0 radical (unpaired) electrons. The summed E-state index contributed by atoms with van der Waals surface area (Å²) in [4.78, 5) is 30.1. The molecular formula is C18H21N3O2S. The number of thioether (sulfide) groups is 1. The molecule has 0 saturated heterocycles. The number of carbonyl (C=O) groups is 2. The van der Waals surface area contributed by atoms with Gasteiger partial charge in [-0.25, -0.2) is 4.98 Å². The second-order valence-corrected chi connectivity index (χ2v) is 6.06. The first-order valence-electron chi connectivity index (χ1n) is 7.87. The average Bonchev–Trinajstić information content (AvgIpc) is 2.62. The third-order valence-corrected chi connectivity index (χ3v) is 4.40. The minimum Gasteiger partial charge on any atom is -0.339 e. The first-order chi connectivity index (χ1) is 11.6. The Morgan fingerprint density at radius 1 is 1.08 bits per heavy atom. The molecule has 6 heteroatoms. The largest absolute Gasteiger partial charge is 0.339 e. The summed E-state index contributed by atoms with van der Waals surface area (Å²) in [6.07, 6.45) is 1.70. The summed E-state index contributed by atoms with van der Waals surface area (Å²) >= 11 is 1.38. The van der Waals surface area contributed by atoms with E-state index >= 15 is 0 Å². The number of aromatic nitrogens is 1. The highest BCUT2D eigenvalue weighted by atomic mass is 32.2. The van der Waals surface area contributed by atoms with Crippen LogP contribution in [0.5, 0.6) is 0 Å². The summed E-state index contributed by atoms with van der Waals surface area (Å²) in [6, 6.07) is 12.6. The number of nitrogens with one attached hydrogen (secondary N) is 1. The van der Waals surface area contributed by atoms with Gasteiger partial charge in [-0.3, -0.25) is 9.59 Å². The maximum Gasteiger partial charge on any atom is 0.253 e. The third-order valence-electron chi connectivity index (χ3n) is 3.46. The summed E-state index contributed by atoms with van der Waals surface area (Å²) in [5, 5.41) is 3.64. The number of anilines is 1. The summed E-state index contributed by atoms with van der Waals surface area (Å²) in [7, 11) is 0. The second kappa shape index (κ2) is 9.08. The van der Waals surface area contributed by atoms with Gasteiger partial charge in [0.25, 0.3) is 5.91 Å². The molecule has 1 aromatic carbocycles. The molecule has 0 aliphatic rings. The zero-order chi connectivity index (χ0) is 17.4. The van der Waals surface area contributed by atoms with Crippen molar-refractivity contribution in [1.82, 2.24) is 9.88 Å². The van der Waals surface area contributed by atoms with Crippen LogP contribution in [0.1, 0.15) is 24.2 Å². The first kappa shape index (κ1) is 18.0. The van der Waals surface area contributed by atoms with Crippen molar-refractivity contribution >= 4 is 29.3 Å². The van der Waals surface area contributed by atoms with Gasteiger partial charge >= 0.3 is 0 Å². The molecule has 1 heterocycles. The van der Waals surface area contributed by atoms with Gasteiger partial charge in [0.15, 0.2) is 0 Å². The SMILES string of the molecule is CCN(CC)C(=O)c1ccc(NC(=O)CSc2ccccn2)cc1. The standard InChI is InChI=1S/C18H21N3O2S/c1-3-21(4-2)18(23)14-8-10-15(11-9-14)20-16(22)13-24-17-7-5-6-12-19-17/h5-12H,3-4,13H2,1-2H3,(H,20,22). The van der Waals surface area contributed by atoms with Gasteiger partial charge < -0.3 is 10.2 Å². The molecule has 2 aromatic rings. The van der Waals surface area contributed by atoms with Crippen LogP contribution in [-0.4, -0.2) is 40.5 Å². The highest BCUT2D eigenvalue weighted by Crippen LogP contribution is 2.16. The van der Waals surface area contributed by atoms with Crippen LogP contribution in [0.3, 0.4) is 0 Å². The molecule has 0 fully saturated rings. The van der Waals surface area contributed by atoms with Crippen LogP contribution >= 0.6 is 11.8 Å². The molecular weight excluding hydrogens is 322 g/mol. The van der Waals surface area contributed by atoms with E-state index in [0.717, 1.165) is 5.03 Å². The molecule has 5 nitrogen and oxygen atoms in total. The van der Waals surface area contributed by atoms with Gasteiger partial charge in [0, 0.05) is 30.5 Å². The van der Waals surface area contributed by atoms with E-state index in [-0.39, 0.29) is 17.6 Å². The Morgan fingerprint density at radius 2 is 1.79 bits per heavy atom. The van der Waals surface area contributed by atoms with Crippen molar-refractivity contribution in [1.29, 1.82) is 0 Å². The Balaban J connectivity index is 1.89. The van der Waals surface area contributed by atoms with Crippen LogP contribution in [0.2, 0.25) is 0 Å². The van der Waals surface area contributed by atoms with Crippen molar-refractivity contribution in [2.75, 3.05) is 24.2 Å². The highest BCUT2D eigenvalue weighted by Gasteiger charge is 2.12. The van der Waals surface area contributed by atoms with E-state index in [1.165, 1.54) is 11.8 Å². The van der Waals surface area contributed by atoms with Crippen LogP contribution in [-0.2, 0) is 4.79 Å². The van der Waals surface area contributed by atoms with Crippen LogP contribution in [0.15, 0.2) is 53.7 Å². The van der Waals surface area contributed by atoms with E-state index in [0.29, 0.717) is 24.3 Å². The summed E-state index contributed by atoms with van der Waals surface area (Å²) in [5.74, 6) is 0.189. The van der Waals surface area contributed by atoms with E-state index in [1.807, 2.05) is 32.0 Å². The number of hydrogen-bond donors (Lipinski definition) is 1. The van der Waals surface area contributed by atoms with E-state index in [9.17, 15) is 9.59 Å². The normalized spacial score (nSPS) is 10.2. The first-order valence-corrected chi connectivity index (χ1v) is 8.85. The van der Waals surface area contributed by atoms with Gasteiger partial charge in [-0.1, -0.05) is 17.8 Å². The lowest BCUT2D eigenvalue weighted by Crippen LogP contribution is -2.30. The number of hydrogen-bond acceptors (Lipinski definition) is 4. The van der Waals surface area contributed by atoms with E-state index in [2.05, 4.69) is 10.3 Å². The molecule has 24 heavy (non-hydrogen) atoms. The van der Waals surface area contributed by atoms with Crippen molar-refractivity contribution in [3.63, 3.8) is 0 Å². The summed E-state index contributed by atoms with van der Waals surface area (Å²) in [5.41, 5.74) is 1.30. The second-order valence-electron chi connectivity index (χ2n) is 5.06. The smallest absolute Gasteiger partial charge is 0.253 e. The monoisotopic (exact) mass is 343 g/mol. The molecule has 0 spiro atoms. The zero-order valence-electron chi connectivity index (χ0n) is 13.9. The fraction of sp³-hybridized carbons (Fsp3) is 0.278. The number of carbonyl (C=O) groups excluding carboxylic acids is 2. The molecule has 0 aliphatic carbocycles. The number of nitrogens with zero attached hydrogens (tertiary/aromatic N) is 2. The van der Waals surface area contributed by atoms with E-state index < -0.39 is 0 Å². The van der Waals surface area contributed by atoms with Gasteiger partial charge in [0.1, 0.15) is 0 Å². The molecule has 126 valence electrons. The van der Waals surface area contributed by atoms with Crippen LogP contribution in [0.25, 0.3) is 0 Å². The minimum absolute atomic E-state index is 0.00332. The molecule has 0 bridgehead atoms. The number of pyridine rings is 1. The van der Waals surface area contributed by atoms with Gasteiger partial charge in [0.05, 0.1) is 10.8 Å². The van der Waals surface area contributed by atoms with Gasteiger partial charge in [-0.2, -0.15) is 0 Å². The molecule has 0 atom stereocenters. The van der Waals surface area contributed by atoms with Crippen LogP contribution in [0.4, 0.5) is 5.69 Å². The number of amides is 2. The quantitative estimate of drug-likeness (QED) is 0.784. The van der Waals surface area contributed by atoms with E-state index in [4.69, 9.17) is 0 Å². The van der Waals surface area contributed by atoms with Gasteiger partial charge in [-0.15, -0.1) is 0 Å². The molecule has 0 aliphatic heterocycles. The lowest BCUT2D eigenvalue weighted by atomic mass is 10.2. The molecule has 1 N–H and O–H groups in total. The van der Waals surface area contributed by atoms with Gasteiger partial charge in [-0.05, 0) is 50.2 Å². The van der Waals surface area contributed by atoms with Crippen LogP contribution in [0, 0.1) is 0 Å². The Bertz CT molecular complexity index is 670. The van der Waals surface area contributed by atoms with Crippen molar-refractivity contribution < 1.29 is 9.59 Å². The fourth-order valence-corrected chi connectivity index (χ4v) is 2.82. The molecule has 1 aromatic heterocycles. The maximum atomic E-state index is 12.2. The Morgan fingerprint density at radius 3 is 2.38 bits per heavy atom. The lowest BCUT2D eigenvalue weighted by Gasteiger charge is -2.18. The summed E-state index contributed by atoms with van der Waals surface area (Å²) < 4.78 is 0. The predicted octanol–water partition coefficient (Wildman–Crippen LogP) is 3.29. The Labute approximate surface area is 146 Å². The average molecular weight is 343 g/mol. The lowest BCUT2D eigenvalue weighted by molar-refractivity contribution is -0.113. The van der Waals surface area contributed by atoms with Crippen LogP contribution < -0.4 is 5.32 Å². The fourth-order valence-electron chi connectivity index (χ4n) is 2.16. The van der Waals surface area contributed by atoms with Crippen molar-refractivity contribution in [3.8, 4) is 0 Å². The Kier molecular flexibility index (Phi) is 6.81. The third kappa shape index (κ3) is 5.09. The molecule has 2 rings (SSSR count). The van der Waals surface area contributed by atoms with Crippen molar-refractivity contribution in [3.05, 3.63) is 54.2 Å². The molecule has 0 unspecified atom stereocenters. The summed E-state index contributed by atoms with van der Waals surface area (Å²) in [6.45, 7) is 5.27. The van der Waals surface area contributed by atoms with Crippen molar-refractivity contribution in [2.24, 2.45) is 0 Å². The minimum atomic E-state index is -0.103. The Hall–Kier alpha value is -2.34. The molecule has 2 amide bonds. The van der Waals surface area contributed by atoms with E-state index in [1.54, 1.807) is 35.4 Å². The molecule has 0 saturated carbocycles. The number of benzene rings is 1. The zero-order valence-corrected chi connectivity index (χ0v) is 14.7. The highest BCUT2D eigenvalue weighted by molar-refractivity contribution is 7.99. The number of rotatable bonds is 7.